The van der Waals surface area contributed by atoms with Crippen LogP contribution in [0.25, 0.3) is 0 Å². The molecule has 1 nitrogen and oxygen atoms in total. The maximum absolute atomic E-state index is 6.25. The van der Waals surface area contributed by atoms with E-state index in [9.17, 15) is 0 Å². The number of rotatable bonds is 3. The Bertz CT molecular complexity index is 478. The number of halogens is 2. The molecule has 0 N–H and O–H groups in total. The maximum atomic E-state index is 6.25. The summed E-state index contributed by atoms with van der Waals surface area (Å²) in [6.45, 7) is 1.19. The minimum atomic E-state index is 0.666. The molecule has 3 fully saturated rings. The Morgan fingerprint density at radius 3 is 2.25 bits per heavy atom. The summed E-state index contributed by atoms with van der Waals surface area (Å²) in [5.74, 6) is 3.17. The first-order valence-electron chi connectivity index (χ1n) is 7.66. The third kappa shape index (κ3) is 2.73. The van der Waals surface area contributed by atoms with Gasteiger partial charge in [0.15, 0.2) is 0 Å². The van der Waals surface area contributed by atoms with Crippen molar-refractivity contribution in [3.05, 3.63) is 33.8 Å². The SMILES string of the molecule is CN(C)C[C@@H]1C2CCC(CC2)C1c1ccc(Cl)c(Cl)c1. The fraction of sp³-hybridized carbons (Fsp3) is 0.647. The molecule has 3 saturated carbocycles. The van der Waals surface area contributed by atoms with E-state index >= 15 is 0 Å². The van der Waals surface area contributed by atoms with Crippen LogP contribution in [-0.4, -0.2) is 25.5 Å². The average Bonchev–Trinajstić information content (AvgIpc) is 2.43. The van der Waals surface area contributed by atoms with Crippen molar-refractivity contribution >= 4 is 23.2 Å². The quantitative estimate of drug-likeness (QED) is 0.753. The Hall–Kier alpha value is -0.240. The Balaban J connectivity index is 1.93. The highest BCUT2D eigenvalue weighted by molar-refractivity contribution is 6.42. The minimum absolute atomic E-state index is 0.666. The highest BCUT2D eigenvalue weighted by atomic mass is 35.5. The largest absolute Gasteiger partial charge is 0.309 e. The zero-order valence-electron chi connectivity index (χ0n) is 12.3. The molecule has 20 heavy (non-hydrogen) atoms. The number of hydrogen-bond acceptors (Lipinski definition) is 1. The fourth-order valence-corrected chi connectivity index (χ4v) is 4.80. The van der Waals surface area contributed by atoms with Gasteiger partial charge in [-0.15, -0.1) is 0 Å². The standard InChI is InChI=1S/C17H23Cl2N/c1-20(2)10-14-11-3-5-12(6-4-11)17(14)13-7-8-15(18)16(19)9-13/h7-9,11-12,14,17H,3-6,10H2,1-2H3/t11?,12?,14-,17?/m1/s1. The summed E-state index contributed by atoms with van der Waals surface area (Å²) in [7, 11) is 4.38. The van der Waals surface area contributed by atoms with Crippen molar-refractivity contribution in [3.63, 3.8) is 0 Å². The van der Waals surface area contributed by atoms with Crippen molar-refractivity contribution in [2.75, 3.05) is 20.6 Å². The Kier molecular flexibility index (Phi) is 4.31. The van der Waals surface area contributed by atoms with Crippen molar-refractivity contribution in [1.82, 2.24) is 4.90 Å². The molecule has 0 amide bonds. The first-order valence-corrected chi connectivity index (χ1v) is 8.41. The topological polar surface area (TPSA) is 3.24 Å². The van der Waals surface area contributed by atoms with Gasteiger partial charge in [-0.3, -0.25) is 0 Å². The van der Waals surface area contributed by atoms with Gasteiger partial charge in [-0.05, 0) is 81.1 Å². The van der Waals surface area contributed by atoms with E-state index in [0.29, 0.717) is 16.0 Å². The summed E-state index contributed by atoms with van der Waals surface area (Å²) in [6, 6.07) is 6.27. The molecular formula is C17H23Cl2N. The van der Waals surface area contributed by atoms with Gasteiger partial charge in [0.25, 0.3) is 0 Å². The second-order valence-electron chi connectivity index (χ2n) is 6.80. The van der Waals surface area contributed by atoms with Crippen LogP contribution in [0.2, 0.25) is 10.0 Å². The molecule has 3 aliphatic carbocycles. The van der Waals surface area contributed by atoms with Crippen molar-refractivity contribution < 1.29 is 0 Å². The summed E-state index contributed by atoms with van der Waals surface area (Å²) in [5, 5.41) is 1.37. The van der Waals surface area contributed by atoms with E-state index in [-0.39, 0.29) is 0 Å². The molecule has 0 aromatic heterocycles. The molecule has 2 bridgehead atoms. The summed E-state index contributed by atoms with van der Waals surface area (Å²) in [4.78, 5) is 2.34. The van der Waals surface area contributed by atoms with Crippen molar-refractivity contribution in [2.24, 2.45) is 17.8 Å². The fourth-order valence-electron chi connectivity index (χ4n) is 4.50. The second-order valence-corrected chi connectivity index (χ2v) is 7.61. The van der Waals surface area contributed by atoms with Gasteiger partial charge in [0.05, 0.1) is 10.0 Å². The molecule has 0 radical (unpaired) electrons. The summed E-state index contributed by atoms with van der Waals surface area (Å²) >= 11 is 12.3. The van der Waals surface area contributed by atoms with Crippen LogP contribution >= 0.6 is 23.2 Å². The second kappa shape index (κ2) is 5.87. The first-order chi connectivity index (χ1) is 9.56. The molecular weight excluding hydrogens is 289 g/mol. The molecule has 1 aromatic carbocycles. The van der Waals surface area contributed by atoms with E-state index in [2.05, 4.69) is 31.1 Å². The molecule has 0 saturated heterocycles. The lowest BCUT2D eigenvalue weighted by atomic mass is 9.57. The van der Waals surface area contributed by atoms with Gasteiger partial charge in [-0.25, -0.2) is 0 Å². The van der Waals surface area contributed by atoms with E-state index in [1.807, 2.05) is 6.07 Å². The molecule has 0 spiro atoms. The van der Waals surface area contributed by atoms with Crippen molar-refractivity contribution in [2.45, 2.75) is 31.6 Å². The van der Waals surface area contributed by atoms with Crippen LogP contribution in [0.1, 0.15) is 37.2 Å². The maximum Gasteiger partial charge on any atom is 0.0595 e. The lowest BCUT2D eigenvalue weighted by Crippen LogP contribution is -2.43. The molecule has 1 aromatic rings. The lowest BCUT2D eigenvalue weighted by molar-refractivity contribution is 0.0507. The van der Waals surface area contributed by atoms with E-state index < -0.39 is 0 Å². The van der Waals surface area contributed by atoms with Crippen LogP contribution in [-0.2, 0) is 0 Å². The lowest BCUT2D eigenvalue weighted by Gasteiger charge is -2.50. The van der Waals surface area contributed by atoms with Crippen LogP contribution in [0.15, 0.2) is 18.2 Å². The van der Waals surface area contributed by atoms with E-state index in [0.717, 1.165) is 17.8 Å². The molecule has 3 aliphatic rings. The van der Waals surface area contributed by atoms with Crippen LogP contribution < -0.4 is 0 Å². The van der Waals surface area contributed by atoms with Gasteiger partial charge < -0.3 is 4.90 Å². The van der Waals surface area contributed by atoms with Gasteiger partial charge in [-0.2, -0.15) is 0 Å². The minimum Gasteiger partial charge on any atom is -0.309 e. The number of nitrogens with zero attached hydrogens (tertiary/aromatic N) is 1. The summed E-state index contributed by atoms with van der Waals surface area (Å²) in [6.07, 6.45) is 5.61. The predicted octanol–water partition coefficient (Wildman–Crippen LogP) is 5.07. The Morgan fingerprint density at radius 2 is 1.65 bits per heavy atom. The van der Waals surface area contributed by atoms with Crippen molar-refractivity contribution in [1.29, 1.82) is 0 Å². The molecule has 0 aliphatic heterocycles. The van der Waals surface area contributed by atoms with Gasteiger partial charge in [0, 0.05) is 6.54 Å². The third-order valence-corrected chi connectivity index (χ3v) is 6.03. The smallest absolute Gasteiger partial charge is 0.0595 e. The van der Waals surface area contributed by atoms with Gasteiger partial charge in [-0.1, -0.05) is 29.3 Å². The third-order valence-electron chi connectivity index (χ3n) is 5.30. The van der Waals surface area contributed by atoms with E-state index in [1.165, 1.54) is 37.8 Å². The highest BCUT2D eigenvalue weighted by Crippen LogP contribution is 2.53. The van der Waals surface area contributed by atoms with Crippen LogP contribution in [0.4, 0.5) is 0 Å². The van der Waals surface area contributed by atoms with Gasteiger partial charge >= 0.3 is 0 Å². The zero-order valence-corrected chi connectivity index (χ0v) is 13.8. The number of fused-ring (bicyclic) bond motifs is 3. The Labute approximate surface area is 132 Å². The summed E-state index contributed by atoms with van der Waals surface area (Å²) < 4.78 is 0. The molecule has 110 valence electrons. The zero-order chi connectivity index (χ0) is 14.3. The molecule has 3 heteroatoms. The number of hydrogen-bond donors (Lipinski definition) is 0. The average molecular weight is 312 g/mol. The molecule has 0 heterocycles. The summed E-state index contributed by atoms with van der Waals surface area (Å²) in [5.41, 5.74) is 1.40. The van der Waals surface area contributed by atoms with Crippen LogP contribution in [0.3, 0.4) is 0 Å². The number of benzene rings is 1. The van der Waals surface area contributed by atoms with Crippen LogP contribution in [0, 0.1) is 17.8 Å². The first kappa shape index (κ1) is 14.7. The van der Waals surface area contributed by atoms with Crippen molar-refractivity contribution in [3.8, 4) is 0 Å². The Morgan fingerprint density at radius 1 is 1.00 bits per heavy atom. The molecule has 4 rings (SSSR count). The molecule has 2 atom stereocenters. The molecule has 1 unspecified atom stereocenters. The normalized spacial score (nSPS) is 32.9. The van der Waals surface area contributed by atoms with Crippen LogP contribution in [0.5, 0.6) is 0 Å². The predicted molar refractivity (Wildman–Crippen MR) is 86.7 cm³/mol. The highest BCUT2D eigenvalue weighted by Gasteiger charge is 2.44. The monoisotopic (exact) mass is 311 g/mol. The van der Waals surface area contributed by atoms with Gasteiger partial charge in [0.1, 0.15) is 0 Å². The van der Waals surface area contributed by atoms with E-state index in [4.69, 9.17) is 23.2 Å². The van der Waals surface area contributed by atoms with E-state index in [1.54, 1.807) is 0 Å². The van der Waals surface area contributed by atoms with Gasteiger partial charge in [0.2, 0.25) is 0 Å².